The summed E-state index contributed by atoms with van der Waals surface area (Å²) in [5.74, 6) is -2.12. The number of hydrogen-bond donors (Lipinski definition) is 1. The Bertz CT molecular complexity index is 466. The van der Waals surface area contributed by atoms with Crippen molar-refractivity contribution in [3.8, 4) is 0 Å². The van der Waals surface area contributed by atoms with Gasteiger partial charge in [0.15, 0.2) is 0 Å². The molecule has 0 aliphatic rings. The van der Waals surface area contributed by atoms with Gasteiger partial charge in [-0.15, -0.1) is 0 Å². The van der Waals surface area contributed by atoms with Gasteiger partial charge in [-0.25, -0.2) is 4.79 Å². The maximum Gasteiger partial charge on any atom is 0.379 e. The van der Waals surface area contributed by atoms with Crippen molar-refractivity contribution in [3.05, 3.63) is 42.0 Å². The third kappa shape index (κ3) is 4.41. The molecular weight excluding hydrogens is 232 g/mol. The zero-order valence-electron chi connectivity index (χ0n) is 10.6. The number of carbonyl (C=O) groups excluding carboxylic acids is 2. The summed E-state index contributed by atoms with van der Waals surface area (Å²) in [6, 6.07) is 8.49. The molecule has 18 heavy (non-hydrogen) atoms. The van der Waals surface area contributed by atoms with Crippen molar-refractivity contribution >= 4 is 17.5 Å². The number of benzene rings is 1. The molecule has 0 heterocycles. The van der Waals surface area contributed by atoms with E-state index in [0.29, 0.717) is 5.56 Å². The van der Waals surface area contributed by atoms with Crippen LogP contribution in [0.25, 0.3) is 5.76 Å². The second-order valence-corrected chi connectivity index (χ2v) is 4.76. The number of aliphatic hydroxyl groups is 1. The molecule has 0 spiro atoms. The molecule has 1 aromatic rings. The third-order valence-electron chi connectivity index (χ3n) is 1.94. The first-order valence-electron chi connectivity index (χ1n) is 5.53. The van der Waals surface area contributed by atoms with Crippen LogP contribution in [0.15, 0.2) is 36.4 Å². The Kier molecular flexibility index (Phi) is 4.26. The zero-order chi connectivity index (χ0) is 13.8. The van der Waals surface area contributed by atoms with Gasteiger partial charge in [-0.3, -0.25) is 4.79 Å². The fraction of sp³-hybridized carbons (Fsp3) is 0.286. The SMILES string of the molecule is CC(C)(C)OC(=O)C(=O)C=C(O)c1ccccc1. The minimum atomic E-state index is -0.981. The molecule has 0 aromatic heterocycles. The van der Waals surface area contributed by atoms with Gasteiger partial charge in [0.25, 0.3) is 5.78 Å². The summed E-state index contributed by atoms with van der Waals surface area (Å²) in [5, 5.41) is 9.67. The van der Waals surface area contributed by atoms with Crippen molar-refractivity contribution in [3.63, 3.8) is 0 Å². The largest absolute Gasteiger partial charge is 0.507 e. The molecule has 1 N–H and O–H groups in total. The van der Waals surface area contributed by atoms with E-state index in [1.54, 1.807) is 51.1 Å². The van der Waals surface area contributed by atoms with E-state index in [2.05, 4.69) is 0 Å². The van der Waals surface area contributed by atoms with Crippen molar-refractivity contribution in [2.24, 2.45) is 0 Å². The molecule has 1 rings (SSSR count). The first-order chi connectivity index (χ1) is 8.29. The van der Waals surface area contributed by atoms with Gasteiger partial charge in [0.05, 0.1) is 0 Å². The van der Waals surface area contributed by atoms with Crippen LogP contribution in [0, 0.1) is 0 Å². The van der Waals surface area contributed by atoms with E-state index >= 15 is 0 Å². The molecule has 96 valence electrons. The fourth-order valence-electron chi connectivity index (χ4n) is 1.20. The Balaban J connectivity index is 2.78. The standard InChI is InChI=1S/C14H16O4/c1-14(2,3)18-13(17)12(16)9-11(15)10-7-5-4-6-8-10/h4-9,15H,1-3H3. The van der Waals surface area contributed by atoms with Gasteiger partial charge in [0.1, 0.15) is 11.4 Å². The van der Waals surface area contributed by atoms with Crippen LogP contribution in [0.1, 0.15) is 26.3 Å². The summed E-state index contributed by atoms with van der Waals surface area (Å²) in [6.07, 6.45) is 0.864. The van der Waals surface area contributed by atoms with E-state index in [1.807, 2.05) is 0 Å². The van der Waals surface area contributed by atoms with Gasteiger partial charge >= 0.3 is 5.97 Å². The lowest BCUT2D eigenvalue weighted by molar-refractivity contribution is -0.160. The predicted molar refractivity (Wildman–Crippen MR) is 67.9 cm³/mol. The van der Waals surface area contributed by atoms with Crippen LogP contribution in [0.3, 0.4) is 0 Å². The van der Waals surface area contributed by atoms with Gasteiger partial charge in [-0.1, -0.05) is 30.3 Å². The van der Waals surface area contributed by atoms with Gasteiger partial charge in [0.2, 0.25) is 0 Å². The molecule has 0 radical (unpaired) electrons. The quantitative estimate of drug-likeness (QED) is 0.386. The molecule has 0 saturated carbocycles. The van der Waals surface area contributed by atoms with Crippen LogP contribution < -0.4 is 0 Å². The topological polar surface area (TPSA) is 63.6 Å². The maximum absolute atomic E-state index is 11.5. The Labute approximate surface area is 106 Å². The highest BCUT2D eigenvalue weighted by Gasteiger charge is 2.21. The third-order valence-corrected chi connectivity index (χ3v) is 1.94. The molecular formula is C14H16O4. The number of rotatable bonds is 3. The summed E-state index contributed by atoms with van der Waals surface area (Å²) in [4.78, 5) is 22.9. The van der Waals surface area contributed by atoms with Gasteiger partial charge in [-0.2, -0.15) is 0 Å². The smallest absolute Gasteiger partial charge is 0.379 e. The van der Waals surface area contributed by atoms with Gasteiger partial charge in [-0.05, 0) is 20.8 Å². The molecule has 0 atom stereocenters. The zero-order valence-corrected chi connectivity index (χ0v) is 10.6. The van der Waals surface area contributed by atoms with Crippen LogP contribution in [0.2, 0.25) is 0 Å². The maximum atomic E-state index is 11.5. The van der Waals surface area contributed by atoms with Crippen molar-refractivity contribution in [1.29, 1.82) is 0 Å². The van der Waals surface area contributed by atoms with Crippen LogP contribution >= 0.6 is 0 Å². The van der Waals surface area contributed by atoms with Gasteiger partial charge in [0, 0.05) is 11.6 Å². The second kappa shape index (κ2) is 5.49. The van der Waals surface area contributed by atoms with E-state index in [0.717, 1.165) is 6.08 Å². The number of hydrogen-bond acceptors (Lipinski definition) is 4. The summed E-state index contributed by atoms with van der Waals surface area (Å²) in [6.45, 7) is 5.00. The van der Waals surface area contributed by atoms with E-state index in [-0.39, 0.29) is 5.76 Å². The fourth-order valence-corrected chi connectivity index (χ4v) is 1.20. The number of ketones is 1. The minimum Gasteiger partial charge on any atom is -0.507 e. The number of aliphatic hydroxyl groups excluding tert-OH is 1. The summed E-state index contributed by atoms with van der Waals surface area (Å²) >= 11 is 0. The first-order valence-corrected chi connectivity index (χ1v) is 5.53. The predicted octanol–water partition coefficient (Wildman–Crippen LogP) is 2.50. The molecule has 0 unspecified atom stereocenters. The molecule has 0 aliphatic heterocycles. The van der Waals surface area contributed by atoms with Crippen molar-refractivity contribution < 1.29 is 19.4 Å². The first kappa shape index (κ1) is 14.0. The van der Waals surface area contributed by atoms with E-state index in [1.165, 1.54) is 0 Å². The highest BCUT2D eigenvalue weighted by Crippen LogP contribution is 2.12. The Morgan fingerprint density at radius 3 is 2.22 bits per heavy atom. The summed E-state index contributed by atoms with van der Waals surface area (Å²) in [7, 11) is 0. The lowest BCUT2D eigenvalue weighted by atomic mass is 10.1. The second-order valence-electron chi connectivity index (χ2n) is 4.76. The average molecular weight is 248 g/mol. The lowest BCUT2D eigenvalue weighted by Gasteiger charge is -2.18. The molecule has 0 amide bonds. The molecule has 0 aliphatic carbocycles. The average Bonchev–Trinajstić information content (AvgIpc) is 2.27. The Morgan fingerprint density at radius 2 is 1.72 bits per heavy atom. The van der Waals surface area contributed by atoms with Gasteiger partial charge < -0.3 is 9.84 Å². The lowest BCUT2D eigenvalue weighted by Crippen LogP contribution is -2.28. The molecule has 4 heteroatoms. The monoisotopic (exact) mass is 248 g/mol. The van der Waals surface area contributed by atoms with Crippen LogP contribution in [-0.2, 0) is 14.3 Å². The summed E-state index contributed by atoms with van der Waals surface area (Å²) in [5.41, 5.74) is -0.266. The molecule has 0 bridgehead atoms. The summed E-state index contributed by atoms with van der Waals surface area (Å²) < 4.78 is 4.89. The van der Waals surface area contributed by atoms with E-state index in [4.69, 9.17) is 4.74 Å². The van der Waals surface area contributed by atoms with Crippen LogP contribution in [0.5, 0.6) is 0 Å². The Morgan fingerprint density at radius 1 is 1.17 bits per heavy atom. The number of esters is 1. The van der Waals surface area contributed by atoms with E-state index in [9.17, 15) is 14.7 Å². The minimum absolute atomic E-state index is 0.258. The number of carbonyl (C=O) groups is 2. The molecule has 0 fully saturated rings. The molecule has 4 nitrogen and oxygen atoms in total. The van der Waals surface area contributed by atoms with Crippen LogP contribution in [0.4, 0.5) is 0 Å². The highest BCUT2D eigenvalue weighted by atomic mass is 16.6. The van der Waals surface area contributed by atoms with E-state index < -0.39 is 17.4 Å². The number of ether oxygens (including phenoxy) is 1. The molecule has 0 saturated heterocycles. The van der Waals surface area contributed by atoms with Crippen LogP contribution in [-0.4, -0.2) is 22.5 Å². The normalized spacial score (nSPS) is 12.1. The van der Waals surface area contributed by atoms with Crippen molar-refractivity contribution in [1.82, 2.24) is 0 Å². The van der Waals surface area contributed by atoms with Crippen molar-refractivity contribution in [2.45, 2.75) is 26.4 Å². The Hall–Kier alpha value is -2.10. The highest BCUT2D eigenvalue weighted by molar-refractivity contribution is 6.39. The molecule has 1 aromatic carbocycles. The van der Waals surface area contributed by atoms with Crippen molar-refractivity contribution in [2.75, 3.05) is 0 Å².